The van der Waals surface area contributed by atoms with E-state index in [4.69, 9.17) is 9.40 Å². The zero-order valence-electron chi connectivity index (χ0n) is 36.4. The van der Waals surface area contributed by atoms with Gasteiger partial charge in [0.05, 0.1) is 22.4 Å². The minimum absolute atomic E-state index is 0. The van der Waals surface area contributed by atoms with E-state index in [1.807, 2.05) is 18.3 Å². The molecule has 10 aromatic rings. The molecule has 0 aliphatic heterocycles. The van der Waals surface area contributed by atoms with E-state index in [-0.39, 0.29) is 20.1 Å². The molecule has 0 aliphatic carbocycles. The van der Waals surface area contributed by atoms with E-state index in [2.05, 4.69) is 196 Å². The monoisotopic (exact) mass is 1040 g/mol. The van der Waals surface area contributed by atoms with Crippen LogP contribution < -0.4 is 4.40 Å². The third kappa shape index (κ3) is 8.00. The Hall–Kier alpha value is -5.33. The van der Waals surface area contributed by atoms with Crippen LogP contribution in [0.25, 0.3) is 82.8 Å². The number of pyridine rings is 1. The maximum absolute atomic E-state index is 6.54. The summed E-state index contributed by atoms with van der Waals surface area (Å²) >= 11 is -1.73. The summed E-state index contributed by atoms with van der Waals surface area (Å²) < 4.78 is 10.4. The molecule has 0 aliphatic rings. The predicted molar refractivity (Wildman–Crippen MR) is 257 cm³/mol. The van der Waals surface area contributed by atoms with Gasteiger partial charge < -0.3 is 8.98 Å². The number of para-hydroxylation sites is 2. The SMILES string of the molecule is Cc1c[c-]c(-c2cc[c]([Ge]([CH3])([CH3])[CH3])cn2)cc1.Cc1cc(C(C)C)c(-n2c(-c3[c-]cc4oc5c(ccc6c7ccccc7ccc65)c4c3)nc3ccccc32)c(C(C)C)c1.[Ir]. The summed E-state index contributed by atoms with van der Waals surface area (Å²) in [6.45, 7) is 13.4. The maximum Gasteiger partial charge on any atom is 0.128 e. The standard InChI is InChI=1S/C40H33N2O.C15H18GeN.Ir/c1-23(2)32-20-25(5)21-33(24(3)4)38(32)42-36-13-9-8-12-35(36)41-40(42)27-15-19-37-34(22-27)31-18-17-29-28-11-7-6-10-26(28)14-16-30(29)39(31)43-37;1-12-5-7-13(8-6-12)15-10-9-14(11-17-15)16(2,3)4;/h6-14,16-24H,1-5H3;5-7,9-11H,1-4H3;/q2*-1;. The number of hydrogen-bond acceptors (Lipinski definition) is 3. The number of nitrogens with zero attached hydrogens (tertiary/aromatic N) is 3. The molecule has 7 aromatic carbocycles. The van der Waals surface area contributed by atoms with Crippen molar-refractivity contribution in [2.24, 2.45) is 0 Å². The first-order chi connectivity index (χ1) is 28.9. The van der Waals surface area contributed by atoms with E-state index < -0.39 is 13.3 Å². The fourth-order valence-corrected chi connectivity index (χ4v) is 10.6. The molecule has 0 atom stereocenters. The van der Waals surface area contributed by atoms with Gasteiger partial charge in [-0.2, -0.15) is 0 Å². The minimum Gasteiger partial charge on any atom is -0.500 e. The molecule has 0 spiro atoms. The Bertz CT molecular complexity index is 3180. The van der Waals surface area contributed by atoms with Crippen molar-refractivity contribution in [1.82, 2.24) is 14.5 Å². The Morgan fingerprint density at radius 1 is 0.623 bits per heavy atom. The van der Waals surface area contributed by atoms with Crippen molar-refractivity contribution in [2.75, 3.05) is 0 Å². The predicted octanol–water partition coefficient (Wildman–Crippen LogP) is 14.7. The summed E-state index contributed by atoms with van der Waals surface area (Å²) in [4.78, 5) is 9.80. The normalized spacial score (nSPS) is 11.9. The summed E-state index contributed by atoms with van der Waals surface area (Å²) in [5.41, 5.74) is 13.3. The molecule has 0 unspecified atom stereocenters. The molecule has 61 heavy (non-hydrogen) atoms. The minimum atomic E-state index is -1.73. The van der Waals surface area contributed by atoms with Crippen LogP contribution in [0.3, 0.4) is 0 Å². The van der Waals surface area contributed by atoms with Crippen molar-refractivity contribution in [2.45, 2.75) is 70.6 Å². The van der Waals surface area contributed by atoms with Gasteiger partial charge in [-0.05, 0) is 58.2 Å². The van der Waals surface area contributed by atoms with Crippen molar-refractivity contribution in [3.63, 3.8) is 0 Å². The average molecular weight is 1030 g/mol. The molecule has 0 N–H and O–H groups in total. The first-order valence-corrected chi connectivity index (χ1v) is 28.5. The Morgan fingerprint density at radius 3 is 1.98 bits per heavy atom. The van der Waals surface area contributed by atoms with E-state index in [1.54, 1.807) is 0 Å². The summed E-state index contributed by atoms with van der Waals surface area (Å²) in [6.07, 6.45) is 2.04. The molecule has 1 radical (unpaired) electrons. The van der Waals surface area contributed by atoms with Crippen molar-refractivity contribution in [1.29, 1.82) is 0 Å². The molecule has 6 heteroatoms. The second-order valence-electron chi connectivity index (χ2n) is 17.9. The van der Waals surface area contributed by atoms with Gasteiger partial charge in [0.15, 0.2) is 0 Å². The largest absolute Gasteiger partial charge is 0.500 e. The van der Waals surface area contributed by atoms with Crippen LogP contribution in [-0.2, 0) is 20.1 Å². The van der Waals surface area contributed by atoms with Crippen molar-refractivity contribution < 1.29 is 24.5 Å². The molecule has 0 saturated carbocycles. The first kappa shape index (κ1) is 42.4. The molecule has 4 nitrogen and oxygen atoms in total. The second kappa shape index (κ2) is 16.9. The average Bonchev–Trinajstić information content (AvgIpc) is 3.82. The van der Waals surface area contributed by atoms with Crippen LogP contribution in [0.15, 0.2) is 138 Å². The van der Waals surface area contributed by atoms with Gasteiger partial charge in [-0.15, -0.1) is 23.8 Å². The fourth-order valence-electron chi connectivity index (χ4n) is 8.46. The zero-order valence-corrected chi connectivity index (χ0v) is 40.9. The topological polar surface area (TPSA) is 43.9 Å². The first-order valence-electron chi connectivity index (χ1n) is 21.1. The van der Waals surface area contributed by atoms with Crippen LogP contribution in [0.2, 0.25) is 17.3 Å². The van der Waals surface area contributed by atoms with Crippen LogP contribution in [-0.4, -0.2) is 27.8 Å². The van der Waals surface area contributed by atoms with Gasteiger partial charge in [0, 0.05) is 36.6 Å². The van der Waals surface area contributed by atoms with E-state index in [9.17, 15) is 0 Å². The quantitative estimate of drug-likeness (QED) is 0.0947. The van der Waals surface area contributed by atoms with Gasteiger partial charge in [0.25, 0.3) is 0 Å². The number of hydrogen-bond donors (Lipinski definition) is 0. The summed E-state index contributed by atoms with van der Waals surface area (Å²) in [6, 6.07) is 52.1. The molecule has 0 fully saturated rings. The Balaban J connectivity index is 0.000000241. The molecule has 0 bridgehead atoms. The van der Waals surface area contributed by atoms with Gasteiger partial charge in [-0.25, -0.2) is 0 Å². The molecule has 3 heterocycles. The van der Waals surface area contributed by atoms with Crippen molar-refractivity contribution >= 4 is 72.2 Å². The summed E-state index contributed by atoms with van der Waals surface area (Å²) in [5, 5.41) is 6.99. The van der Waals surface area contributed by atoms with E-state index >= 15 is 0 Å². The maximum atomic E-state index is 6.54. The summed E-state index contributed by atoms with van der Waals surface area (Å²) in [5.74, 6) is 8.76. The Morgan fingerprint density at radius 2 is 1.30 bits per heavy atom. The van der Waals surface area contributed by atoms with Crippen molar-refractivity contribution in [3.05, 3.63) is 168 Å². The summed E-state index contributed by atoms with van der Waals surface area (Å²) in [7, 11) is 0. The van der Waals surface area contributed by atoms with Gasteiger partial charge in [-0.1, -0.05) is 111 Å². The van der Waals surface area contributed by atoms with E-state index in [0.717, 1.165) is 61.0 Å². The zero-order chi connectivity index (χ0) is 41.9. The third-order valence-electron chi connectivity index (χ3n) is 11.7. The molecular weight excluding hydrogens is 983 g/mol. The van der Waals surface area contributed by atoms with E-state index in [0.29, 0.717) is 11.8 Å². The number of furan rings is 1. The van der Waals surface area contributed by atoms with Gasteiger partial charge >= 0.3 is 106 Å². The molecule has 0 saturated heterocycles. The number of fused-ring (bicyclic) bond motifs is 8. The van der Waals surface area contributed by atoms with Crippen LogP contribution in [0.4, 0.5) is 0 Å². The number of imidazole rings is 1. The number of benzene rings is 7. The smallest absolute Gasteiger partial charge is 0.128 e. The van der Waals surface area contributed by atoms with Crippen molar-refractivity contribution in [3.8, 4) is 28.3 Å². The number of rotatable bonds is 6. The fraction of sp³-hybridized carbons (Fsp3) is 0.200. The third-order valence-corrected chi connectivity index (χ3v) is 16.0. The van der Waals surface area contributed by atoms with Crippen LogP contribution in [0.5, 0.6) is 0 Å². The number of aromatic nitrogens is 3. The second-order valence-corrected chi connectivity index (χ2v) is 28.5. The van der Waals surface area contributed by atoms with Crippen LogP contribution in [0.1, 0.15) is 61.8 Å². The van der Waals surface area contributed by atoms with Gasteiger partial charge in [0.1, 0.15) is 5.58 Å². The van der Waals surface area contributed by atoms with Gasteiger partial charge in [0.2, 0.25) is 0 Å². The van der Waals surface area contributed by atoms with Gasteiger partial charge in [-0.3, -0.25) is 4.98 Å². The molecule has 10 rings (SSSR count). The Kier molecular flexibility index (Phi) is 11.7. The van der Waals surface area contributed by atoms with Crippen LogP contribution >= 0.6 is 0 Å². The van der Waals surface area contributed by atoms with E-state index in [1.165, 1.54) is 48.5 Å². The molecular formula is C55H51GeIrN3O-2. The molecule has 307 valence electrons. The Labute approximate surface area is 375 Å². The molecule has 0 amide bonds. The van der Waals surface area contributed by atoms with Crippen LogP contribution in [0, 0.1) is 26.0 Å². The molecule has 3 aromatic heterocycles. The number of aryl methyl sites for hydroxylation is 2.